The van der Waals surface area contributed by atoms with Gasteiger partial charge in [-0.25, -0.2) is 0 Å². The van der Waals surface area contributed by atoms with Gasteiger partial charge in [-0.15, -0.1) is 11.3 Å². The Balaban J connectivity index is 1.30. The number of rotatable bonds is 2. The van der Waals surface area contributed by atoms with Gasteiger partial charge in [0.1, 0.15) is 0 Å². The average molecular weight is 587 g/mol. The molecule has 0 amide bonds. The zero-order valence-electron chi connectivity index (χ0n) is 24.4. The molecule has 0 unspecified atom stereocenters. The van der Waals surface area contributed by atoms with E-state index in [0.29, 0.717) is 0 Å². The molecule has 10 aromatic rings. The largest absolute Gasteiger partial charge is 0.135 e. The predicted molar refractivity (Wildman–Crippen MR) is 198 cm³/mol. The maximum atomic E-state index is 2.42. The first kappa shape index (κ1) is 24.9. The topological polar surface area (TPSA) is 0 Å². The highest BCUT2D eigenvalue weighted by molar-refractivity contribution is 7.25. The number of benzene rings is 9. The van der Waals surface area contributed by atoms with Gasteiger partial charge in [0, 0.05) is 20.2 Å². The van der Waals surface area contributed by atoms with E-state index < -0.39 is 0 Å². The highest BCUT2D eigenvalue weighted by Gasteiger charge is 2.19. The number of hydrogen-bond donors (Lipinski definition) is 0. The maximum absolute atomic E-state index is 2.42. The lowest BCUT2D eigenvalue weighted by Gasteiger charge is -2.19. The van der Waals surface area contributed by atoms with Crippen LogP contribution in [0.4, 0.5) is 0 Å². The van der Waals surface area contributed by atoms with Gasteiger partial charge in [0.25, 0.3) is 0 Å². The third-order valence-corrected chi connectivity index (χ3v) is 10.7. The highest BCUT2D eigenvalue weighted by atomic mass is 32.1. The Morgan fingerprint density at radius 3 is 1.49 bits per heavy atom. The molecule has 0 spiro atoms. The second-order valence-corrected chi connectivity index (χ2v) is 13.1. The monoisotopic (exact) mass is 586 g/mol. The fourth-order valence-electron chi connectivity index (χ4n) is 7.61. The highest BCUT2D eigenvalue weighted by Crippen LogP contribution is 2.47. The summed E-state index contributed by atoms with van der Waals surface area (Å²) in [4.78, 5) is 0. The van der Waals surface area contributed by atoms with E-state index in [0.717, 1.165) is 0 Å². The number of hydrogen-bond acceptors (Lipinski definition) is 1. The van der Waals surface area contributed by atoms with E-state index in [9.17, 15) is 0 Å². The van der Waals surface area contributed by atoms with Gasteiger partial charge >= 0.3 is 0 Å². The minimum atomic E-state index is 1.26. The summed E-state index contributed by atoms with van der Waals surface area (Å²) in [6.07, 6.45) is 0. The Bertz CT molecular complexity index is 2760. The Labute approximate surface area is 264 Å². The standard InChI is InChI=1S/C44H26S/c1-2-12-28-25-42-39(23-27(28)11-1)34-22-21-30(26-41(34)45-42)43-35-17-7-9-19-37(35)44(38-20-10-8-18-36(38)43)40-24-29-13-3-4-14-31(29)32-15-5-6-16-33(32)40/h1-26H. The summed E-state index contributed by atoms with van der Waals surface area (Å²) >= 11 is 1.90. The van der Waals surface area contributed by atoms with Crippen molar-refractivity contribution in [1.29, 1.82) is 0 Å². The summed E-state index contributed by atoms with van der Waals surface area (Å²) in [6.45, 7) is 0. The van der Waals surface area contributed by atoms with Gasteiger partial charge in [-0.1, -0.05) is 133 Å². The van der Waals surface area contributed by atoms with E-state index in [2.05, 4.69) is 158 Å². The van der Waals surface area contributed by atoms with Gasteiger partial charge < -0.3 is 0 Å². The Kier molecular flexibility index (Phi) is 5.25. The normalized spacial score (nSPS) is 12.0. The molecule has 1 aromatic heterocycles. The minimum absolute atomic E-state index is 1.26. The summed E-state index contributed by atoms with van der Waals surface area (Å²) in [5.74, 6) is 0. The first-order valence-corrected chi connectivity index (χ1v) is 16.3. The smallest absolute Gasteiger partial charge is 0.0361 e. The van der Waals surface area contributed by atoms with Crippen LogP contribution in [-0.2, 0) is 0 Å². The third kappa shape index (κ3) is 3.65. The molecule has 9 aromatic carbocycles. The van der Waals surface area contributed by atoms with Crippen LogP contribution in [0, 0.1) is 0 Å². The number of fused-ring (bicyclic) bond motifs is 9. The van der Waals surface area contributed by atoms with Crippen molar-refractivity contribution in [2.45, 2.75) is 0 Å². The van der Waals surface area contributed by atoms with Crippen molar-refractivity contribution in [1.82, 2.24) is 0 Å². The van der Waals surface area contributed by atoms with Crippen molar-refractivity contribution in [2.75, 3.05) is 0 Å². The molecule has 0 radical (unpaired) electrons. The number of thiophene rings is 1. The molecule has 0 nitrogen and oxygen atoms in total. The Morgan fingerprint density at radius 2 is 0.800 bits per heavy atom. The van der Waals surface area contributed by atoms with Crippen LogP contribution in [0.15, 0.2) is 158 Å². The van der Waals surface area contributed by atoms with Crippen LogP contribution in [0.1, 0.15) is 0 Å². The molecule has 1 heterocycles. The van der Waals surface area contributed by atoms with Crippen LogP contribution in [0.3, 0.4) is 0 Å². The van der Waals surface area contributed by atoms with Crippen LogP contribution in [0.25, 0.3) is 96.3 Å². The summed E-state index contributed by atoms with van der Waals surface area (Å²) in [5.41, 5.74) is 5.16. The second kappa shape index (κ2) is 9.50. The first-order valence-electron chi connectivity index (χ1n) is 15.5. The van der Waals surface area contributed by atoms with Gasteiger partial charge in [-0.3, -0.25) is 0 Å². The molecule has 0 fully saturated rings. The SMILES string of the molecule is c1ccc2cc3c(cc2c1)sc1cc(-c2c4ccccc4c(-c4cc5ccccc5c5ccccc45)c4ccccc24)ccc13. The average Bonchev–Trinajstić information content (AvgIpc) is 3.45. The van der Waals surface area contributed by atoms with Crippen LogP contribution >= 0.6 is 11.3 Å². The fourth-order valence-corrected chi connectivity index (χ4v) is 8.78. The first-order chi connectivity index (χ1) is 22.3. The lowest BCUT2D eigenvalue weighted by Crippen LogP contribution is -1.92. The molecule has 1 heteroatoms. The predicted octanol–water partition coefficient (Wildman–Crippen LogP) is 13.2. The minimum Gasteiger partial charge on any atom is -0.135 e. The summed E-state index contributed by atoms with van der Waals surface area (Å²) in [6, 6.07) is 58.5. The van der Waals surface area contributed by atoms with E-state index in [1.807, 2.05) is 11.3 Å². The fraction of sp³-hybridized carbons (Fsp3) is 0. The molecule has 0 aliphatic heterocycles. The molecule has 0 atom stereocenters. The Morgan fingerprint density at radius 1 is 0.289 bits per heavy atom. The lowest BCUT2D eigenvalue weighted by molar-refractivity contribution is 1.70. The molecule has 10 rings (SSSR count). The lowest BCUT2D eigenvalue weighted by atomic mass is 9.84. The zero-order chi connectivity index (χ0) is 29.5. The van der Waals surface area contributed by atoms with Crippen molar-refractivity contribution >= 4 is 85.4 Å². The van der Waals surface area contributed by atoms with E-state index in [1.54, 1.807) is 0 Å². The molecule has 45 heavy (non-hydrogen) atoms. The quantitative estimate of drug-likeness (QED) is 0.140. The molecule has 0 aliphatic rings. The molecule has 0 bridgehead atoms. The van der Waals surface area contributed by atoms with Crippen LogP contribution in [0.2, 0.25) is 0 Å². The summed E-state index contributed by atoms with van der Waals surface area (Å²) in [5, 5.41) is 15.6. The molecular weight excluding hydrogens is 561 g/mol. The second-order valence-electron chi connectivity index (χ2n) is 12.0. The Hall–Kier alpha value is -5.50. The third-order valence-electron chi connectivity index (χ3n) is 9.60. The van der Waals surface area contributed by atoms with Gasteiger partial charge in [-0.05, 0) is 100 Å². The van der Waals surface area contributed by atoms with Gasteiger partial charge in [0.2, 0.25) is 0 Å². The van der Waals surface area contributed by atoms with Crippen molar-refractivity contribution in [3.63, 3.8) is 0 Å². The van der Waals surface area contributed by atoms with E-state index in [-0.39, 0.29) is 0 Å². The van der Waals surface area contributed by atoms with E-state index in [1.165, 1.54) is 96.3 Å². The molecule has 0 N–H and O–H groups in total. The summed E-state index contributed by atoms with van der Waals surface area (Å²) in [7, 11) is 0. The molecule has 0 saturated carbocycles. The van der Waals surface area contributed by atoms with Crippen LogP contribution in [0.5, 0.6) is 0 Å². The van der Waals surface area contributed by atoms with E-state index >= 15 is 0 Å². The van der Waals surface area contributed by atoms with Gasteiger partial charge in [0.05, 0.1) is 0 Å². The van der Waals surface area contributed by atoms with Crippen LogP contribution < -0.4 is 0 Å². The zero-order valence-corrected chi connectivity index (χ0v) is 25.2. The molecule has 208 valence electrons. The molecular formula is C44H26S. The van der Waals surface area contributed by atoms with Gasteiger partial charge in [-0.2, -0.15) is 0 Å². The van der Waals surface area contributed by atoms with Crippen molar-refractivity contribution in [3.8, 4) is 22.3 Å². The maximum Gasteiger partial charge on any atom is 0.0361 e. The van der Waals surface area contributed by atoms with Crippen molar-refractivity contribution < 1.29 is 0 Å². The molecule has 0 aliphatic carbocycles. The van der Waals surface area contributed by atoms with Crippen molar-refractivity contribution in [2.24, 2.45) is 0 Å². The molecule has 0 saturated heterocycles. The summed E-state index contributed by atoms with van der Waals surface area (Å²) < 4.78 is 2.67. The van der Waals surface area contributed by atoms with Crippen molar-refractivity contribution in [3.05, 3.63) is 158 Å². The van der Waals surface area contributed by atoms with E-state index in [4.69, 9.17) is 0 Å². The van der Waals surface area contributed by atoms with Gasteiger partial charge in [0.15, 0.2) is 0 Å². The van der Waals surface area contributed by atoms with Crippen LogP contribution in [-0.4, -0.2) is 0 Å².